The molecule has 0 spiro atoms. The van der Waals surface area contributed by atoms with Gasteiger partial charge in [0.25, 0.3) is 5.91 Å². The maximum absolute atomic E-state index is 12.3. The molecule has 0 saturated heterocycles. The summed E-state index contributed by atoms with van der Waals surface area (Å²) in [7, 11) is 0. The van der Waals surface area contributed by atoms with Gasteiger partial charge in [-0.3, -0.25) is 9.78 Å². The molecule has 0 aliphatic carbocycles. The summed E-state index contributed by atoms with van der Waals surface area (Å²) in [4.78, 5) is 27.3. The molecule has 6 nitrogen and oxygen atoms in total. The van der Waals surface area contributed by atoms with Crippen LogP contribution in [-0.4, -0.2) is 38.8 Å². The van der Waals surface area contributed by atoms with E-state index in [4.69, 9.17) is 0 Å². The maximum Gasteiger partial charge on any atom is 0.255 e. The van der Waals surface area contributed by atoms with Gasteiger partial charge in [-0.1, -0.05) is 12.1 Å². The molecule has 0 saturated carbocycles. The summed E-state index contributed by atoms with van der Waals surface area (Å²) >= 11 is 0. The number of amides is 1. The Hall–Kier alpha value is -3.28. The molecule has 6 heteroatoms. The van der Waals surface area contributed by atoms with E-state index in [1.807, 2.05) is 50.2 Å². The third-order valence-corrected chi connectivity index (χ3v) is 3.99. The maximum atomic E-state index is 12.3. The quantitative estimate of drug-likeness (QED) is 0.735. The van der Waals surface area contributed by atoms with Crippen LogP contribution in [0.15, 0.2) is 60.9 Å². The summed E-state index contributed by atoms with van der Waals surface area (Å²) in [5.41, 5.74) is 2.17. The van der Waals surface area contributed by atoms with Crippen LogP contribution in [-0.2, 0) is 0 Å². The standard InChI is InChI=1S/C20H21N5O/c1-3-25(4-2)20(26)15-11-12-18(22-14-15)24-19-10-7-9-17(23-19)16-8-5-6-13-21-16/h5-14H,3-4H2,1-2H3,(H,22,23,24). The van der Waals surface area contributed by atoms with Crippen molar-refractivity contribution in [2.24, 2.45) is 0 Å². The highest BCUT2D eigenvalue weighted by Crippen LogP contribution is 2.18. The summed E-state index contributed by atoms with van der Waals surface area (Å²) in [5, 5.41) is 3.16. The van der Waals surface area contributed by atoms with Crippen LogP contribution in [0.5, 0.6) is 0 Å². The molecule has 0 aliphatic heterocycles. The number of aromatic nitrogens is 3. The lowest BCUT2D eigenvalue weighted by Gasteiger charge is -2.18. The fraction of sp³-hybridized carbons (Fsp3) is 0.200. The highest BCUT2D eigenvalue weighted by Gasteiger charge is 2.12. The Morgan fingerprint density at radius 1 is 0.923 bits per heavy atom. The molecule has 26 heavy (non-hydrogen) atoms. The topological polar surface area (TPSA) is 71.0 Å². The average Bonchev–Trinajstić information content (AvgIpc) is 2.70. The first-order valence-electron chi connectivity index (χ1n) is 8.62. The second-order valence-corrected chi connectivity index (χ2v) is 5.66. The van der Waals surface area contributed by atoms with Crippen molar-refractivity contribution in [2.75, 3.05) is 18.4 Å². The largest absolute Gasteiger partial charge is 0.339 e. The summed E-state index contributed by atoms with van der Waals surface area (Å²) in [6.07, 6.45) is 3.33. The Bertz CT molecular complexity index is 861. The zero-order valence-electron chi connectivity index (χ0n) is 14.9. The first-order chi connectivity index (χ1) is 12.7. The summed E-state index contributed by atoms with van der Waals surface area (Å²) in [6, 6.07) is 15.0. The number of pyridine rings is 3. The number of carbonyl (C=O) groups excluding carboxylic acids is 1. The fourth-order valence-corrected chi connectivity index (χ4v) is 2.58. The van der Waals surface area contributed by atoms with Gasteiger partial charge < -0.3 is 10.2 Å². The molecule has 1 N–H and O–H groups in total. The van der Waals surface area contributed by atoms with Gasteiger partial charge in [0.05, 0.1) is 17.0 Å². The number of hydrogen-bond donors (Lipinski definition) is 1. The second kappa shape index (κ2) is 8.20. The van der Waals surface area contributed by atoms with E-state index in [9.17, 15) is 4.79 Å². The minimum Gasteiger partial charge on any atom is -0.339 e. The molecular weight excluding hydrogens is 326 g/mol. The molecule has 1 amide bonds. The molecule has 0 bridgehead atoms. The number of rotatable bonds is 6. The number of anilines is 2. The molecule has 0 aromatic carbocycles. The highest BCUT2D eigenvalue weighted by atomic mass is 16.2. The van der Waals surface area contributed by atoms with Crippen molar-refractivity contribution in [1.82, 2.24) is 19.9 Å². The average molecular weight is 347 g/mol. The van der Waals surface area contributed by atoms with Crippen LogP contribution in [0, 0.1) is 0 Å². The number of nitrogens with zero attached hydrogens (tertiary/aromatic N) is 4. The molecular formula is C20H21N5O. The van der Waals surface area contributed by atoms with Crippen molar-refractivity contribution in [2.45, 2.75) is 13.8 Å². The van der Waals surface area contributed by atoms with Crippen molar-refractivity contribution in [1.29, 1.82) is 0 Å². The third-order valence-electron chi connectivity index (χ3n) is 3.99. The van der Waals surface area contributed by atoms with Crippen molar-refractivity contribution in [3.8, 4) is 11.4 Å². The first kappa shape index (κ1) is 17.5. The van der Waals surface area contributed by atoms with Gasteiger partial charge in [0.15, 0.2) is 0 Å². The van der Waals surface area contributed by atoms with Crippen molar-refractivity contribution >= 4 is 17.5 Å². The van der Waals surface area contributed by atoms with E-state index in [1.165, 1.54) is 0 Å². The monoisotopic (exact) mass is 347 g/mol. The van der Waals surface area contributed by atoms with Gasteiger partial charge in [-0.15, -0.1) is 0 Å². The van der Waals surface area contributed by atoms with Gasteiger partial charge in [0.1, 0.15) is 11.6 Å². The van der Waals surface area contributed by atoms with E-state index in [0.717, 1.165) is 11.4 Å². The zero-order chi connectivity index (χ0) is 18.4. The number of carbonyl (C=O) groups is 1. The fourth-order valence-electron chi connectivity index (χ4n) is 2.58. The van der Waals surface area contributed by atoms with Crippen LogP contribution in [0.1, 0.15) is 24.2 Å². The Balaban J connectivity index is 1.75. The van der Waals surface area contributed by atoms with E-state index in [-0.39, 0.29) is 5.91 Å². The molecule has 0 fully saturated rings. The van der Waals surface area contributed by atoms with Gasteiger partial charge in [-0.2, -0.15) is 0 Å². The van der Waals surface area contributed by atoms with Crippen LogP contribution in [0.2, 0.25) is 0 Å². The second-order valence-electron chi connectivity index (χ2n) is 5.66. The van der Waals surface area contributed by atoms with Crippen LogP contribution in [0.25, 0.3) is 11.4 Å². The summed E-state index contributed by atoms with van der Waals surface area (Å²) in [6.45, 7) is 5.29. The first-order valence-corrected chi connectivity index (χ1v) is 8.62. The van der Waals surface area contributed by atoms with E-state index >= 15 is 0 Å². The normalized spacial score (nSPS) is 10.4. The highest BCUT2D eigenvalue weighted by molar-refractivity contribution is 5.94. The predicted octanol–water partition coefficient (Wildman–Crippen LogP) is 3.76. The zero-order valence-corrected chi connectivity index (χ0v) is 14.9. The van der Waals surface area contributed by atoms with Crippen molar-refractivity contribution in [3.05, 3.63) is 66.5 Å². The van der Waals surface area contributed by atoms with Gasteiger partial charge in [-0.25, -0.2) is 9.97 Å². The Labute approximate surface area is 153 Å². The number of nitrogens with one attached hydrogen (secondary N) is 1. The summed E-state index contributed by atoms with van der Waals surface area (Å²) in [5.74, 6) is 1.29. The van der Waals surface area contributed by atoms with Crippen LogP contribution < -0.4 is 5.32 Å². The molecule has 132 valence electrons. The van der Waals surface area contributed by atoms with Gasteiger partial charge in [-0.05, 0) is 50.2 Å². The molecule has 3 aromatic rings. The van der Waals surface area contributed by atoms with Crippen molar-refractivity contribution in [3.63, 3.8) is 0 Å². The minimum atomic E-state index is -0.00988. The SMILES string of the molecule is CCN(CC)C(=O)c1ccc(Nc2cccc(-c3ccccn3)n2)nc1. The van der Waals surface area contributed by atoms with E-state index in [0.29, 0.717) is 30.3 Å². The summed E-state index contributed by atoms with van der Waals surface area (Å²) < 4.78 is 0. The third kappa shape index (κ3) is 4.03. The smallest absolute Gasteiger partial charge is 0.255 e. The van der Waals surface area contributed by atoms with E-state index in [2.05, 4.69) is 20.3 Å². The van der Waals surface area contributed by atoms with Crippen LogP contribution in [0.4, 0.5) is 11.6 Å². The van der Waals surface area contributed by atoms with Gasteiger partial charge in [0.2, 0.25) is 0 Å². The minimum absolute atomic E-state index is 0.00988. The Kier molecular flexibility index (Phi) is 5.53. The lowest BCUT2D eigenvalue weighted by Crippen LogP contribution is -2.30. The molecule has 3 rings (SSSR count). The molecule has 0 atom stereocenters. The molecule has 0 radical (unpaired) electrons. The van der Waals surface area contributed by atoms with Crippen LogP contribution in [0.3, 0.4) is 0 Å². The van der Waals surface area contributed by atoms with Crippen molar-refractivity contribution < 1.29 is 4.79 Å². The lowest BCUT2D eigenvalue weighted by atomic mass is 10.2. The molecule has 0 aliphatic rings. The molecule has 3 aromatic heterocycles. The van der Waals surface area contributed by atoms with Crippen LogP contribution >= 0.6 is 0 Å². The molecule has 0 unspecified atom stereocenters. The van der Waals surface area contributed by atoms with E-state index in [1.54, 1.807) is 29.4 Å². The van der Waals surface area contributed by atoms with E-state index < -0.39 is 0 Å². The Morgan fingerprint density at radius 2 is 1.73 bits per heavy atom. The lowest BCUT2D eigenvalue weighted by molar-refractivity contribution is 0.0772. The van der Waals surface area contributed by atoms with Gasteiger partial charge >= 0.3 is 0 Å². The number of hydrogen-bond acceptors (Lipinski definition) is 5. The molecule has 3 heterocycles. The Morgan fingerprint density at radius 3 is 2.38 bits per heavy atom. The predicted molar refractivity (Wildman–Crippen MR) is 102 cm³/mol. The van der Waals surface area contributed by atoms with Gasteiger partial charge in [0, 0.05) is 25.5 Å².